The summed E-state index contributed by atoms with van der Waals surface area (Å²) in [6.07, 6.45) is 1.05. The molecule has 112 valence electrons. The Hall–Kier alpha value is -1.65. The second kappa shape index (κ2) is 6.41. The summed E-state index contributed by atoms with van der Waals surface area (Å²) in [6.45, 7) is 6.06. The Morgan fingerprint density at radius 1 is 1.38 bits per heavy atom. The van der Waals surface area contributed by atoms with Crippen molar-refractivity contribution >= 4 is 16.7 Å². The van der Waals surface area contributed by atoms with E-state index >= 15 is 0 Å². The molecule has 3 rings (SSSR count). The summed E-state index contributed by atoms with van der Waals surface area (Å²) in [6, 6.07) is 10.5. The molecule has 1 aliphatic rings. The zero-order valence-electron chi connectivity index (χ0n) is 12.5. The summed E-state index contributed by atoms with van der Waals surface area (Å²) in [7, 11) is 0. The van der Waals surface area contributed by atoms with Gasteiger partial charge in [0.15, 0.2) is 0 Å². The Bertz CT molecular complexity index is 614. The fraction of sp³-hybridized carbons (Fsp3) is 0.471. The van der Waals surface area contributed by atoms with E-state index < -0.39 is 0 Å². The lowest BCUT2D eigenvalue weighted by Crippen LogP contribution is -2.24. The number of fused-ring (bicyclic) bond motifs is 1. The molecule has 1 unspecified atom stereocenters. The lowest BCUT2D eigenvalue weighted by Gasteiger charge is -2.21. The highest BCUT2D eigenvalue weighted by Crippen LogP contribution is 2.28. The number of benzene rings is 1. The van der Waals surface area contributed by atoms with E-state index in [1.165, 1.54) is 10.9 Å². The van der Waals surface area contributed by atoms with Crippen molar-refractivity contribution in [2.24, 2.45) is 5.92 Å². The van der Waals surface area contributed by atoms with E-state index in [4.69, 9.17) is 4.98 Å². The Kier molecular flexibility index (Phi) is 4.36. The molecule has 0 aliphatic carbocycles. The van der Waals surface area contributed by atoms with Gasteiger partial charge in [-0.2, -0.15) is 0 Å². The Balaban J connectivity index is 1.97. The van der Waals surface area contributed by atoms with Gasteiger partial charge in [0.2, 0.25) is 0 Å². The van der Waals surface area contributed by atoms with Crippen LogP contribution in [0.5, 0.6) is 0 Å². The minimum absolute atomic E-state index is 0.270. The standard InChI is InChI=1S/C17H23N3O/c1-2-18-10-15-9-14-5-3-4-6-16(14)19-17(15)20-8-7-13(11-20)12-21/h3-6,9,13,18,21H,2,7-8,10-12H2,1H3. The van der Waals surface area contributed by atoms with Gasteiger partial charge in [0.1, 0.15) is 5.82 Å². The molecule has 2 aromatic rings. The third-order valence-electron chi connectivity index (χ3n) is 4.19. The van der Waals surface area contributed by atoms with Crippen LogP contribution in [0.15, 0.2) is 30.3 Å². The van der Waals surface area contributed by atoms with Crippen molar-refractivity contribution < 1.29 is 5.11 Å². The second-order valence-electron chi connectivity index (χ2n) is 5.73. The van der Waals surface area contributed by atoms with Gasteiger partial charge in [-0.3, -0.25) is 0 Å². The van der Waals surface area contributed by atoms with Gasteiger partial charge < -0.3 is 15.3 Å². The molecule has 1 fully saturated rings. The van der Waals surface area contributed by atoms with E-state index in [9.17, 15) is 5.11 Å². The molecule has 2 N–H and O–H groups in total. The molecular weight excluding hydrogens is 262 g/mol. The number of hydrogen-bond acceptors (Lipinski definition) is 4. The van der Waals surface area contributed by atoms with Crippen LogP contribution in [0.25, 0.3) is 10.9 Å². The first-order chi connectivity index (χ1) is 10.3. The molecule has 0 bridgehead atoms. The summed E-state index contributed by atoms with van der Waals surface area (Å²) >= 11 is 0. The summed E-state index contributed by atoms with van der Waals surface area (Å²) in [5, 5.41) is 13.9. The number of rotatable bonds is 5. The molecule has 1 aromatic carbocycles. The molecule has 1 aliphatic heterocycles. The Morgan fingerprint density at radius 3 is 3.00 bits per heavy atom. The van der Waals surface area contributed by atoms with Gasteiger partial charge in [-0.05, 0) is 25.1 Å². The number of anilines is 1. The highest BCUT2D eigenvalue weighted by atomic mass is 16.3. The summed E-state index contributed by atoms with van der Waals surface area (Å²) in [5.41, 5.74) is 2.29. The van der Waals surface area contributed by atoms with Crippen LogP contribution in [0, 0.1) is 5.92 Å². The molecule has 4 nitrogen and oxygen atoms in total. The van der Waals surface area contributed by atoms with Crippen LogP contribution in [0.2, 0.25) is 0 Å². The zero-order valence-corrected chi connectivity index (χ0v) is 12.5. The van der Waals surface area contributed by atoms with E-state index in [0.29, 0.717) is 5.92 Å². The number of nitrogens with one attached hydrogen (secondary N) is 1. The van der Waals surface area contributed by atoms with Crippen LogP contribution in [0.3, 0.4) is 0 Å². The zero-order chi connectivity index (χ0) is 14.7. The predicted octanol–water partition coefficient (Wildman–Crippen LogP) is 2.16. The number of para-hydroxylation sites is 1. The average Bonchev–Trinajstić information content (AvgIpc) is 3.01. The van der Waals surface area contributed by atoms with Crippen LogP contribution in [-0.4, -0.2) is 36.3 Å². The number of aliphatic hydroxyl groups excluding tert-OH is 1. The monoisotopic (exact) mass is 285 g/mol. The number of nitrogens with zero attached hydrogens (tertiary/aromatic N) is 2. The van der Waals surface area contributed by atoms with Gasteiger partial charge >= 0.3 is 0 Å². The third kappa shape index (κ3) is 3.01. The van der Waals surface area contributed by atoms with Crippen molar-refractivity contribution in [3.05, 3.63) is 35.9 Å². The first-order valence-electron chi connectivity index (χ1n) is 7.77. The van der Waals surface area contributed by atoms with Crippen LogP contribution in [-0.2, 0) is 6.54 Å². The molecule has 1 aromatic heterocycles. The molecule has 4 heteroatoms. The van der Waals surface area contributed by atoms with E-state index in [1.54, 1.807) is 0 Å². The molecule has 1 atom stereocenters. The van der Waals surface area contributed by atoms with Gasteiger partial charge in [-0.15, -0.1) is 0 Å². The lowest BCUT2D eigenvalue weighted by atomic mass is 10.1. The van der Waals surface area contributed by atoms with E-state index in [2.05, 4.69) is 41.4 Å². The highest BCUT2D eigenvalue weighted by molar-refractivity contribution is 5.81. The van der Waals surface area contributed by atoms with Gasteiger partial charge in [0.25, 0.3) is 0 Å². The largest absolute Gasteiger partial charge is 0.396 e. The molecule has 0 amide bonds. The quantitative estimate of drug-likeness (QED) is 0.884. The van der Waals surface area contributed by atoms with Crippen LogP contribution < -0.4 is 10.2 Å². The fourth-order valence-electron chi connectivity index (χ4n) is 2.99. The van der Waals surface area contributed by atoms with Crippen molar-refractivity contribution in [1.82, 2.24) is 10.3 Å². The van der Waals surface area contributed by atoms with Gasteiger partial charge in [-0.1, -0.05) is 25.1 Å². The molecule has 0 spiro atoms. The smallest absolute Gasteiger partial charge is 0.133 e. The summed E-state index contributed by atoms with van der Waals surface area (Å²) < 4.78 is 0. The van der Waals surface area contributed by atoms with E-state index in [0.717, 1.165) is 43.9 Å². The van der Waals surface area contributed by atoms with Crippen molar-refractivity contribution in [2.75, 3.05) is 31.1 Å². The minimum atomic E-state index is 0.270. The summed E-state index contributed by atoms with van der Waals surface area (Å²) in [5.74, 6) is 1.45. The minimum Gasteiger partial charge on any atom is -0.396 e. The average molecular weight is 285 g/mol. The third-order valence-corrected chi connectivity index (χ3v) is 4.19. The van der Waals surface area contributed by atoms with E-state index in [-0.39, 0.29) is 6.61 Å². The van der Waals surface area contributed by atoms with Crippen molar-refractivity contribution in [3.8, 4) is 0 Å². The SMILES string of the molecule is CCNCc1cc2ccccc2nc1N1CCC(CO)C1. The van der Waals surface area contributed by atoms with E-state index in [1.807, 2.05) is 6.07 Å². The van der Waals surface area contributed by atoms with Crippen LogP contribution in [0.4, 0.5) is 5.82 Å². The highest BCUT2D eigenvalue weighted by Gasteiger charge is 2.24. The van der Waals surface area contributed by atoms with Crippen molar-refractivity contribution in [3.63, 3.8) is 0 Å². The molecule has 0 saturated carbocycles. The number of aromatic nitrogens is 1. The Morgan fingerprint density at radius 2 is 2.24 bits per heavy atom. The number of aliphatic hydroxyl groups is 1. The lowest BCUT2D eigenvalue weighted by molar-refractivity contribution is 0.238. The Labute approximate surface area is 125 Å². The molecule has 0 radical (unpaired) electrons. The van der Waals surface area contributed by atoms with Gasteiger partial charge in [0.05, 0.1) is 5.52 Å². The summed E-state index contributed by atoms with van der Waals surface area (Å²) in [4.78, 5) is 7.20. The maximum absolute atomic E-state index is 9.35. The number of pyridine rings is 1. The number of hydrogen-bond donors (Lipinski definition) is 2. The van der Waals surface area contributed by atoms with Crippen molar-refractivity contribution in [1.29, 1.82) is 0 Å². The first kappa shape index (κ1) is 14.3. The molecule has 2 heterocycles. The predicted molar refractivity (Wildman–Crippen MR) is 86.5 cm³/mol. The first-order valence-corrected chi connectivity index (χ1v) is 7.77. The van der Waals surface area contributed by atoms with Gasteiger partial charge in [-0.25, -0.2) is 4.98 Å². The van der Waals surface area contributed by atoms with Gasteiger partial charge in [0, 0.05) is 43.1 Å². The second-order valence-corrected chi connectivity index (χ2v) is 5.73. The molecular formula is C17H23N3O. The normalized spacial score (nSPS) is 18.6. The van der Waals surface area contributed by atoms with Crippen LogP contribution in [0.1, 0.15) is 18.9 Å². The fourth-order valence-corrected chi connectivity index (χ4v) is 2.99. The molecule has 1 saturated heterocycles. The van der Waals surface area contributed by atoms with Crippen molar-refractivity contribution in [2.45, 2.75) is 19.9 Å². The topological polar surface area (TPSA) is 48.4 Å². The van der Waals surface area contributed by atoms with Crippen LogP contribution >= 0.6 is 0 Å². The molecule has 21 heavy (non-hydrogen) atoms. The maximum atomic E-state index is 9.35. The maximum Gasteiger partial charge on any atom is 0.133 e.